The summed E-state index contributed by atoms with van der Waals surface area (Å²) in [6.45, 7) is 35.9. The fraction of sp³-hybridized carbons (Fsp3) is 0.550. The molecule has 0 saturated heterocycles. The first kappa shape index (κ1) is 34.0. The Kier molecular flexibility index (Phi) is 11.1. The Morgan fingerprint density at radius 3 is 0.976 bits per heavy atom. The first-order chi connectivity index (χ1) is 18.9. The van der Waals surface area contributed by atoms with Crippen molar-refractivity contribution < 1.29 is 0 Å². The van der Waals surface area contributed by atoms with E-state index >= 15 is 0 Å². The van der Waals surface area contributed by atoms with Crippen molar-refractivity contribution in [3.05, 3.63) is 75.8 Å². The molecule has 0 aliphatic rings. The van der Waals surface area contributed by atoms with E-state index < -0.39 is 21.1 Å². The third-order valence-electron chi connectivity index (χ3n) is 8.37. The molecule has 0 aliphatic heterocycles. The van der Waals surface area contributed by atoms with E-state index in [4.69, 9.17) is 0 Å². The van der Waals surface area contributed by atoms with E-state index in [9.17, 15) is 0 Å². The van der Waals surface area contributed by atoms with Gasteiger partial charge in [-0.2, -0.15) is 0 Å². The standard InChI is InChI=1S/C36H49.C4H9.Sn/c1-21(2)29-17-31(23(5)6)35(32(18-29)24(7)8)27-14-13-15-28(16-27)36-33(25(9)10)19-30(22(3)4)20-34(36)26(11)12;1-4(2)3;/h13-15,17-26H,1-12H3;1-3H3;. The van der Waals surface area contributed by atoms with Gasteiger partial charge in [0.2, 0.25) is 0 Å². The van der Waals surface area contributed by atoms with Gasteiger partial charge in [-0.05, 0) is 0 Å². The van der Waals surface area contributed by atoms with Gasteiger partial charge in [-0.1, -0.05) is 0 Å². The molecule has 0 saturated carbocycles. The molecule has 222 valence electrons. The second kappa shape index (κ2) is 13.4. The number of hydrogen-bond donors (Lipinski definition) is 0. The zero-order valence-corrected chi connectivity index (χ0v) is 31.9. The Morgan fingerprint density at radius 2 is 0.756 bits per heavy atom. The summed E-state index contributed by atoms with van der Waals surface area (Å²) in [4.78, 5) is 0. The van der Waals surface area contributed by atoms with Crippen molar-refractivity contribution in [3.63, 3.8) is 0 Å². The second-order valence-corrected chi connectivity index (χ2v) is 21.6. The Hall–Kier alpha value is -1.54. The van der Waals surface area contributed by atoms with Gasteiger partial charge in [0.25, 0.3) is 0 Å². The Balaban J connectivity index is 2.58. The van der Waals surface area contributed by atoms with E-state index in [0.29, 0.717) is 38.9 Å². The maximum atomic E-state index is 2.53. The quantitative estimate of drug-likeness (QED) is 0.201. The fourth-order valence-electron chi connectivity index (χ4n) is 6.01. The van der Waals surface area contributed by atoms with Crippen LogP contribution in [-0.4, -0.2) is 21.1 Å². The molecular formula is C40H58Sn. The van der Waals surface area contributed by atoms with Crippen molar-refractivity contribution in [2.24, 2.45) is 0 Å². The van der Waals surface area contributed by atoms with Crippen LogP contribution in [0.25, 0.3) is 22.3 Å². The zero-order valence-electron chi connectivity index (χ0n) is 29.0. The van der Waals surface area contributed by atoms with Crippen LogP contribution in [0.1, 0.15) is 173 Å². The molecule has 0 heterocycles. The molecule has 0 aliphatic carbocycles. The van der Waals surface area contributed by atoms with Crippen molar-refractivity contribution in [3.8, 4) is 22.3 Å². The normalized spacial score (nSPS) is 12.7. The molecule has 0 aromatic heterocycles. The minimum atomic E-state index is -1.01. The van der Waals surface area contributed by atoms with E-state index in [1.54, 1.807) is 3.58 Å². The summed E-state index contributed by atoms with van der Waals surface area (Å²) < 4.78 is 2.02. The van der Waals surface area contributed by atoms with Gasteiger partial charge in [-0.3, -0.25) is 0 Å². The van der Waals surface area contributed by atoms with Gasteiger partial charge >= 0.3 is 266 Å². The Labute approximate surface area is 264 Å². The van der Waals surface area contributed by atoms with E-state index in [0.717, 1.165) is 0 Å². The summed E-state index contributed by atoms with van der Waals surface area (Å²) in [7, 11) is 0. The van der Waals surface area contributed by atoms with Gasteiger partial charge in [0, 0.05) is 0 Å². The molecule has 3 rings (SSSR count). The molecule has 0 fully saturated rings. The molecule has 0 atom stereocenters. The van der Waals surface area contributed by atoms with Crippen LogP contribution >= 0.6 is 0 Å². The van der Waals surface area contributed by atoms with Crippen LogP contribution in [0.5, 0.6) is 0 Å². The summed E-state index contributed by atoms with van der Waals surface area (Å²) in [5.41, 5.74) is 15.1. The molecule has 0 unspecified atom stereocenters. The molecule has 3 aromatic carbocycles. The topological polar surface area (TPSA) is 0 Å². The van der Waals surface area contributed by atoms with Gasteiger partial charge in [0.15, 0.2) is 0 Å². The van der Waals surface area contributed by atoms with Gasteiger partial charge in [-0.25, -0.2) is 0 Å². The molecule has 3 aromatic rings. The van der Waals surface area contributed by atoms with Crippen LogP contribution in [0, 0.1) is 0 Å². The van der Waals surface area contributed by atoms with Crippen LogP contribution in [0.4, 0.5) is 0 Å². The molecule has 0 spiro atoms. The van der Waals surface area contributed by atoms with Crippen LogP contribution in [0.15, 0.2) is 42.5 Å². The van der Waals surface area contributed by atoms with E-state index in [2.05, 4.69) is 146 Å². The summed E-state index contributed by atoms with van der Waals surface area (Å²) >= 11 is -1.01. The van der Waals surface area contributed by atoms with Crippen LogP contribution < -0.4 is 3.58 Å². The van der Waals surface area contributed by atoms with Crippen molar-refractivity contribution in [2.45, 2.75) is 143 Å². The maximum absolute atomic E-state index is 2.53. The molecule has 0 nitrogen and oxygen atoms in total. The molecule has 0 bridgehead atoms. The van der Waals surface area contributed by atoms with Crippen molar-refractivity contribution in [1.82, 2.24) is 0 Å². The average molecular weight is 658 g/mol. The monoisotopic (exact) mass is 658 g/mol. The Bertz CT molecular complexity index is 1190. The molecule has 1 heteroatoms. The number of hydrogen-bond acceptors (Lipinski definition) is 0. The molecule has 0 N–H and O–H groups in total. The van der Waals surface area contributed by atoms with Gasteiger partial charge in [0.1, 0.15) is 0 Å². The average Bonchev–Trinajstić information content (AvgIpc) is 2.86. The summed E-state index contributed by atoms with van der Waals surface area (Å²) in [5.74, 6) is 2.94. The second-order valence-electron chi connectivity index (χ2n) is 15.2. The summed E-state index contributed by atoms with van der Waals surface area (Å²) in [6.07, 6.45) is 0. The fourth-order valence-corrected chi connectivity index (χ4v) is 10.1. The molecule has 0 amide bonds. The zero-order chi connectivity index (χ0) is 31.0. The van der Waals surface area contributed by atoms with Gasteiger partial charge < -0.3 is 0 Å². The van der Waals surface area contributed by atoms with E-state index in [1.165, 1.54) is 55.6 Å². The molecule has 41 heavy (non-hydrogen) atoms. The van der Waals surface area contributed by atoms with Crippen LogP contribution in [0.3, 0.4) is 0 Å². The Morgan fingerprint density at radius 1 is 0.463 bits per heavy atom. The van der Waals surface area contributed by atoms with Gasteiger partial charge in [-0.15, -0.1) is 0 Å². The predicted octanol–water partition coefficient (Wildman–Crippen LogP) is 12.3. The summed E-state index contributed by atoms with van der Waals surface area (Å²) in [6, 6.07) is 17.4. The van der Waals surface area contributed by atoms with Crippen molar-refractivity contribution >= 4 is 24.7 Å². The van der Waals surface area contributed by atoms with Crippen molar-refractivity contribution in [2.75, 3.05) is 0 Å². The first-order valence-corrected chi connectivity index (χ1v) is 19.1. The van der Waals surface area contributed by atoms with E-state index in [1.807, 2.05) is 0 Å². The molecular weight excluding hydrogens is 599 g/mol. The SMILES string of the molecule is CC(C)c1cc(C(C)C)c(-c2cccc(-c3c(C(C)C)cc(C(C)C)cc3C(C)C)[c]2[Sn][C](C)(C)C)c(C(C)C)c1. The number of benzene rings is 3. The van der Waals surface area contributed by atoms with Gasteiger partial charge in [0.05, 0.1) is 0 Å². The summed E-state index contributed by atoms with van der Waals surface area (Å²) in [5, 5.41) is 0. The van der Waals surface area contributed by atoms with E-state index in [-0.39, 0.29) is 0 Å². The third-order valence-corrected chi connectivity index (χ3v) is 12.8. The van der Waals surface area contributed by atoms with Crippen LogP contribution in [0.2, 0.25) is 3.43 Å². The minimum absolute atomic E-state index is 0.329. The first-order valence-electron chi connectivity index (χ1n) is 16.2. The molecule has 2 radical (unpaired) electrons. The third kappa shape index (κ3) is 7.70. The number of rotatable bonds is 9. The van der Waals surface area contributed by atoms with Crippen molar-refractivity contribution in [1.29, 1.82) is 0 Å². The predicted molar refractivity (Wildman–Crippen MR) is 187 cm³/mol. The van der Waals surface area contributed by atoms with Crippen LogP contribution in [-0.2, 0) is 0 Å².